The lowest BCUT2D eigenvalue weighted by atomic mass is 10.0. The molecule has 0 fully saturated rings. The van der Waals surface area contributed by atoms with Gasteiger partial charge in [-0.25, -0.2) is 24.9 Å². The molecule has 0 saturated heterocycles. The van der Waals surface area contributed by atoms with Gasteiger partial charge in [0.15, 0.2) is 28.6 Å². The van der Waals surface area contributed by atoms with Crippen LogP contribution in [-0.4, -0.2) is 29.5 Å². The number of fused-ring (bicyclic) bond motifs is 5. The summed E-state index contributed by atoms with van der Waals surface area (Å²) in [5, 5.41) is 2.34. The lowest BCUT2D eigenvalue weighted by molar-refractivity contribution is 0.619. The Balaban J connectivity index is 0.891. The molecule has 0 spiro atoms. The van der Waals surface area contributed by atoms with E-state index in [1.165, 1.54) is 5.39 Å². The summed E-state index contributed by atoms with van der Waals surface area (Å²) in [7, 11) is 0. The van der Waals surface area contributed by atoms with Gasteiger partial charge in [-0.2, -0.15) is 0 Å². The van der Waals surface area contributed by atoms with E-state index in [9.17, 15) is 0 Å². The van der Waals surface area contributed by atoms with Gasteiger partial charge in [0.1, 0.15) is 11.0 Å². The van der Waals surface area contributed by atoms with Crippen LogP contribution in [0.15, 0.2) is 179 Å². The smallest absolute Gasteiger partial charge is 0.227 e. The van der Waals surface area contributed by atoms with Gasteiger partial charge in [0.25, 0.3) is 0 Å². The van der Waals surface area contributed by atoms with Crippen molar-refractivity contribution in [3.8, 4) is 51.1 Å². The van der Waals surface area contributed by atoms with Crippen molar-refractivity contribution in [2.45, 2.75) is 25.7 Å². The lowest BCUT2D eigenvalue weighted by Crippen LogP contribution is -2.06. The molecule has 0 radical (unpaired) electrons. The summed E-state index contributed by atoms with van der Waals surface area (Å²) in [5.74, 6) is 3.19. The molecule has 2 aliphatic rings. The summed E-state index contributed by atoms with van der Waals surface area (Å²) in [4.78, 5) is 24.7. The van der Waals surface area contributed by atoms with Crippen molar-refractivity contribution in [1.82, 2.24) is 29.5 Å². The first kappa shape index (κ1) is 35.0. The molecule has 0 bridgehead atoms. The third kappa shape index (κ3) is 6.28. The van der Waals surface area contributed by atoms with E-state index >= 15 is 0 Å². The van der Waals surface area contributed by atoms with Crippen LogP contribution >= 0.6 is 0 Å². The van der Waals surface area contributed by atoms with Gasteiger partial charge in [-0.15, -0.1) is 0 Å². The number of allylic oxidation sites excluding steroid dienone is 8. The van der Waals surface area contributed by atoms with E-state index < -0.39 is 0 Å². The van der Waals surface area contributed by atoms with E-state index in [2.05, 4.69) is 114 Å². The fraction of sp³-hybridized carbons (Fsp3) is 0.0755. The monoisotopic (exact) mass is 788 g/mol. The van der Waals surface area contributed by atoms with E-state index in [0.717, 1.165) is 103 Å². The van der Waals surface area contributed by atoms with Crippen molar-refractivity contribution in [3.05, 3.63) is 182 Å². The Morgan fingerprint density at radius 3 is 2.15 bits per heavy atom. The maximum atomic E-state index is 6.50. The normalized spacial score (nSPS) is 14.0. The molecule has 8 nitrogen and oxygen atoms in total. The van der Waals surface area contributed by atoms with Crippen molar-refractivity contribution in [2.75, 3.05) is 0 Å². The molecule has 12 rings (SSSR count). The molecular formula is C53H36N6O2. The zero-order valence-electron chi connectivity index (χ0n) is 33.0. The molecule has 0 N–H and O–H groups in total. The van der Waals surface area contributed by atoms with Gasteiger partial charge in [-0.1, -0.05) is 91.1 Å². The first-order valence-corrected chi connectivity index (χ1v) is 20.7. The summed E-state index contributed by atoms with van der Waals surface area (Å²) < 4.78 is 15.0. The molecule has 2 aliphatic carbocycles. The topological polar surface area (TPSA) is 95.7 Å². The van der Waals surface area contributed by atoms with E-state index in [1.54, 1.807) is 0 Å². The fourth-order valence-electron chi connectivity index (χ4n) is 8.55. The van der Waals surface area contributed by atoms with Gasteiger partial charge in [-0.3, -0.25) is 0 Å². The molecule has 0 atom stereocenters. The second kappa shape index (κ2) is 14.4. The highest BCUT2D eigenvalue weighted by molar-refractivity contribution is 6.10. The Morgan fingerprint density at radius 2 is 1.25 bits per heavy atom. The highest BCUT2D eigenvalue weighted by Crippen LogP contribution is 2.38. The summed E-state index contributed by atoms with van der Waals surface area (Å²) >= 11 is 0. The van der Waals surface area contributed by atoms with Gasteiger partial charge in [0.2, 0.25) is 11.8 Å². The first-order chi connectivity index (χ1) is 30.2. The summed E-state index contributed by atoms with van der Waals surface area (Å²) in [6, 6.07) is 45.9. The lowest BCUT2D eigenvalue weighted by Gasteiger charge is -2.12. The van der Waals surface area contributed by atoms with Gasteiger partial charge in [0, 0.05) is 38.7 Å². The van der Waals surface area contributed by atoms with E-state index in [0.29, 0.717) is 34.8 Å². The quantitative estimate of drug-likeness (QED) is 0.159. The highest BCUT2D eigenvalue weighted by Gasteiger charge is 2.19. The average molecular weight is 789 g/mol. The largest absolute Gasteiger partial charge is 0.436 e. The molecule has 0 amide bonds. The minimum absolute atomic E-state index is 0.555. The van der Waals surface area contributed by atoms with E-state index in [1.807, 2.05) is 60.7 Å². The molecule has 8 heteroatoms. The molecular weight excluding hydrogens is 753 g/mol. The molecule has 10 aromatic rings. The van der Waals surface area contributed by atoms with Crippen molar-refractivity contribution in [1.29, 1.82) is 0 Å². The SMILES string of the molecule is C1=CCCC(c2nc(C3=CCCC=C3)nc(-c3ccc4nc(-c5cccc(-c6ccc7c(c6)c6ccccc6n7-c6ccc7oc(-c8ccccc8)nc7c6)c5)oc4c3)n2)=C1. The molecule has 0 saturated carbocycles. The minimum atomic E-state index is 0.555. The molecule has 4 heterocycles. The predicted octanol–water partition coefficient (Wildman–Crippen LogP) is 13.4. The Hall–Kier alpha value is -7.97. The number of oxazole rings is 2. The summed E-state index contributed by atoms with van der Waals surface area (Å²) in [6.07, 6.45) is 16.7. The Morgan fingerprint density at radius 1 is 0.475 bits per heavy atom. The van der Waals surface area contributed by atoms with Crippen molar-refractivity contribution >= 4 is 55.2 Å². The maximum absolute atomic E-state index is 6.50. The summed E-state index contributed by atoms with van der Waals surface area (Å²) in [5.41, 5.74) is 13.3. The Kier molecular flexibility index (Phi) is 8.26. The van der Waals surface area contributed by atoms with Crippen LogP contribution in [-0.2, 0) is 0 Å². The molecule has 61 heavy (non-hydrogen) atoms. The van der Waals surface area contributed by atoms with Crippen LogP contribution in [0.1, 0.15) is 37.3 Å². The second-order valence-corrected chi connectivity index (χ2v) is 15.5. The van der Waals surface area contributed by atoms with Crippen LogP contribution < -0.4 is 0 Å². The average Bonchev–Trinajstić information content (AvgIpc) is 4.06. The van der Waals surface area contributed by atoms with Crippen molar-refractivity contribution < 1.29 is 8.83 Å². The highest BCUT2D eigenvalue weighted by atomic mass is 16.4. The third-order valence-corrected chi connectivity index (χ3v) is 11.6. The predicted molar refractivity (Wildman–Crippen MR) is 244 cm³/mol. The zero-order valence-corrected chi connectivity index (χ0v) is 33.0. The number of para-hydroxylation sites is 1. The molecule has 0 unspecified atom stereocenters. The number of rotatable bonds is 7. The number of hydrogen-bond donors (Lipinski definition) is 0. The minimum Gasteiger partial charge on any atom is -0.436 e. The molecule has 4 aromatic heterocycles. The van der Waals surface area contributed by atoms with Gasteiger partial charge in [0.05, 0.1) is 11.0 Å². The molecule has 0 aliphatic heterocycles. The second-order valence-electron chi connectivity index (χ2n) is 15.5. The standard InChI is InChI=1S/C53H36N6O2/c1-4-13-33(14-5-1)49-56-50(34-15-6-2-7-16-34)58-51(57-49)38-23-26-43-48(31-38)61-53(54-43)39-20-12-19-36(29-39)37-24-27-46-42(30-37)41-21-10-11-22-45(41)59(46)40-25-28-47-44(32-40)55-52(60-47)35-17-8-3-9-18-35/h1,3-4,6,8-13,15-32H,2,5,7,14H2. The van der Waals surface area contributed by atoms with Gasteiger partial charge < -0.3 is 13.4 Å². The van der Waals surface area contributed by atoms with E-state index in [4.69, 9.17) is 33.8 Å². The van der Waals surface area contributed by atoms with Crippen molar-refractivity contribution in [3.63, 3.8) is 0 Å². The maximum Gasteiger partial charge on any atom is 0.227 e. The van der Waals surface area contributed by atoms with Crippen LogP contribution in [0, 0.1) is 0 Å². The van der Waals surface area contributed by atoms with Crippen LogP contribution in [0.4, 0.5) is 0 Å². The third-order valence-electron chi connectivity index (χ3n) is 11.6. The van der Waals surface area contributed by atoms with E-state index in [-0.39, 0.29) is 0 Å². The number of hydrogen-bond acceptors (Lipinski definition) is 7. The zero-order chi connectivity index (χ0) is 40.3. The van der Waals surface area contributed by atoms with Gasteiger partial charge >= 0.3 is 0 Å². The number of nitrogens with zero attached hydrogens (tertiary/aromatic N) is 6. The Labute approximate surface area is 350 Å². The molecule has 6 aromatic carbocycles. The molecule has 290 valence electrons. The Bertz CT molecular complexity index is 3490. The van der Waals surface area contributed by atoms with Crippen LogP contribution in [0.3, 0.4) is 0 Å². The fourth-order valence-corrected chi connectivity index (χ4v) is 8.55. The first-order valence-electron chi connectivity index (χ1n) is 20.7. The van der Waals surface area contributed by atoms with Gasteiger partial charge in [-0.05, 0) is 121 Å². The summed E-state index contributed by atoms with van der Waals surface area (Å²) in [6.45, 7) is 0. The van der Waals surface area contributed by atoms with Crippen molar-refractivity contribution in [2.24, 2.45) is 0 Å². The number of benzene rings is 6. The van der Waals surface area contributed by atoms with Crippen LogP contribution in [0.25, 0.3) is 106 Å². The number of aromatic nitrogens is 6. The van der Waals surface area contributed by atoms with Crippen LogP contribution in [0.2, 0.25) is 0 Å². The van der Waals surface area contributed by atoms with Crippen LogP contribution in [0.5, 0.6) is 0 Å².